The van der Waals surface area contributed by atoms with E-state index in [-0.39, 0.29) is 29.6 Å². The SMILES string of the molecule is CCNC(=NCc1ccc(C)cc1OC(C)(C)C)NCC1CCN(CCOC)CC1.I. The van der Waals surface area contributed by atoms with Gasteiger partial charge in [0.1, 0.15) is 11.4 Å². The first-order chi connectivity index (χ1) is 14.3. The van der Waals surface area contributed by atoms with Crippen LogP contribution >= 0.6 is 24.0 Å². The van der Waals surface area contributed by atoms with Crippen molar-refractivity contribution >= 4 is 29.9 Å². The molecule has 1 heterocycles. The lowest BCUT2D eigenvalue weighted by Gasteiger charge is -2.32. The van der Waals surface area contributed by atoms with E-state index in [0.717, 1.165) is 56.6 Å². The highest BCUT2D eigenvalue weighted by Gasteiger charge is 2.19. The molecular formula is C24H43IN4O2. The monoisotopic (exact) mass is 546 g/mol. The Labute approximate surface area is 206 Å². The van der Waals surface area contributed by atoms with Gasteiger partial charge in [-0.05, 0) is 78.1 Å². The van der Waals surface area contributed by atoms with E-state index in [4.69, 9.17) is 14.5 Å². The Morgan fingerprint density at radius 1 is 1.19 bits per heavy atom. The number of benzene rings is 1. The van der Waals surface area contributed by atoms with Gasteiger partial charge >= 0.3 is 0 Å². The maximum absolute atomic E-state index is 6.18. The second-order valence-electron chi connectivity index (χ2n) is 9.18. The summed E-state index contributed by atoms with van der Waals surface area (Å²) in [6.07, 6.45) is 2.44. The highest BCUT2D eigenvalue weighted by molar-refractivity contribution is 14.0. The molecular weight excluding hydrogens is 503 g/mol. The normalized spacial score (nSPS) is 16.0. The van der Waals surface area contributed by atoms with Gasteiger partial charge in [0.05, 0.1) is 13.2 Å². The zero-order valence-electron chi connectivity index (χ0n) is 20.3. The van der Waals surface area contributed by atoms with E-state index in [2.05, 4.69) is 68.4 Å². The zero-order chi connectivity index (χ0) is 22.0. The summed E-state index contributed by atoms with van der Waals surface area (Å²) >= 11 is 0. The lowest BCUT2D eigenvalue weighted by Crippen LogP contribution is -2.43. The summed E-state index contributed by atoms with van der Waals surface area (Å²) in [5.41, 5.74) is 2.08. The average molecular weight is 547 g/mol. The molecule has 1 aliphatic rings. The Bertz CT molecular complexity index is 668. The average Bonchev–Trinajstić information content (AvgIpc) is 2.69. The lowest BCUT2D eigenvalue weighted by molar-refractivity contribution is 0.121. The second-order valence-corrected chi connectivity index (χ2v) is 9.18. The topological polar surface area (TPSA) is 58.1 Å². The summed E-state index contributed by atoms with van der Waals surface area (Å²) in [6, 6.07) is 6.35. The van der Waals surface area contributed by atoms with E-state index in [0.29, 0.717) is 12.5 Å². The second kappa shape index (κ2) is 14.2. The molecule has 0 atom stereocenters. The molecule has 0 amide bonds. The quantitative estimate of drug-likeness (QED) is 0.276. The third-order valence-electron chi connectivity index (χ3n) is 5.27. The minimum Gasteiger partial charge on any atom is -0.488 e. The van der Waals surface area contributed by atoms with Crippen LogP contribution in [0.4, 0.5) is 0 Å². The molecule has 6 nitrogen and oxygen atoms in total. The summed E-state index contributed by atoms with van der Waals surface area (Å²) in [5, 5.41) is 6.93. The van der Waals surface area contributed by atoms with Crippen LogP contribution in [0, 0.1) is 12.8 Å². The smallest absolute Gasteiger partial charge is 0.191 e. The molecule has 1 aromatic rings. The number of aliphatic imine (C=N–C) groups is 1. The van der Waals surface area contributed by atoms with Crippen LogP contribution < -0.4 is 15.4 Å². The maximum Gasteiger partial charge on any atom is 0.191 e. The maximum atomic E-state index is 6.18. The fraction of sp³-hybridized carbons (Fsp3) is 0.708. The third-order valence-corrected chi connectivity index (χ3v) is 5.27. The van der Waals surface area contributed by atoms with Crippen LogP contribution in [0.2, 0.25) is 0 Å². The molecule has 2 rings (SSSR count). The molecule has 31 heavy (non-hydrogen) atoms. The van der Waals surface area contributed by atoms with Crippen molar-refractivity contribution in [2.24, 2.45) is 10.9 Å². The summed E-state index contributed by atoms with van der Waals surface area (Å²) in [5.74, 6) is 2.49. The molecule has 0 bridgehead atoms. The minimum atomic E-state index is -0.229. The minimum absolute atomic E-state index is 0. The largest absolute Gasteiger partial charge is 0.488 e. The van der Waals surface area contributed by atoms with Crippen molar-refractivity contribution in [2.45, 2.75) is 59.6 Å². The Hall–Kier alpha value is -1.06. The van der Waals surface area contributed by atoms with Crippen molar-refractivity contribution in [1.29, 1.82) is 0 Å². The molecule has 0 aliphatic carbocycles. The van der Waals surface area contributed by atoms with Gasteiger partial charge in [-0.2, -0.15) is 0 Å². The van der Waals surface area contributed by atoms with Gasteiger partial charge < -0.3 is 25.0 Å². The van der Waals surface area contributed by atoms with Gasteiger partial charge in [-0.3, -0.25) is 0 Å². The number of piperidine rings is 1. The van der Waals surface area contributed by atoms with Crippen LogP contribution in [0.15, 0.2) is 23.2 Å². The van der Waals surface area contributed by atoms with Crippen LogP contribution in [0.25, 0.3) is 0 Å². The van der Waals surface area contributed by atoms with Gasteiger partial charge in [0.2, 0.25) is 0 Å². The standard InChI is InChI=1S/C24H42N4O2.HI/c1-7-25-23(26-17-20-10-12-28(13-11-20)14-15-29-6)27-18-21-9-8-19(2)16-22(21)30-24(3,4)5;/h8-9,16,20H,7,10-15,17-18H2,1-6H3,(H2,25,26,27);1H. The van der Waals surface area contributed by atoms with E-state index in [9.17, 15) is 0 Å². The molecule has 1 saturated heterocycles. The van der Waals surface area contributed by atoms with Crippen LogP contribution in [0.5, 0.6) is 5.75 Å². The van der Waals surface area contributed by atoms with Gasteiger partial charge in [0.25, 0.3) is 0 Å². The molecule has 178 valence electrons. The van der Waals surface area contributed by atoms with Gasteiger partial charge in [-0.15, -0.1) is 24.0 Å². The number of nitrogens with zero attached hydrogens (tertiary/aromatic N) is 2. The first-order valence-electron chi connectivity index (χ1n) is 11.3. The highest BCUT2D eigenvalue weighted by Crippen LogP contribution is 2.25. The summed E-state index contributed by atoms with van der Waals surface area (Å²) in [4.78, 5) is 7.32. The molecule has 1 aliphatic heterocycles. The number of guanidine groups is 1. The Balaban J connectivity index is 0.00000480. The van der Waals surface area contributed by atoms with Crippen molar-refractivity contribution in [1.82, 2.24) is 15.5 Å². The predicted octanol–water partition coefficient (Wildman–Crippen LogP) is 4.20. The molecule has 0 saturated carbocycles. The van der Waals surface area contributed by atoms with Crippen molar-refractivity contribution in [3.8, 4) is 5.75 Å². The summed E-state index contributed by atoms with van der Waals surface area (Å²) in [6.45, 7) is 17.0. The first kappa shape index (κ1) is 28.0. The molecule has 0 unspecified atom stereocenters. The predicted molar refractivity (Wildman–Crippen MR) is 141 cm³/mol. The Morgan fingerprint density at radius 2 is 1.90 bits per heavy atom. The number of ether oxygens (including phenoxy) is 2. The molecule has 0 spiro atoms. The van der Waals surface area contributed by atoms with Gasteiger partial charge in [-0.1, -0.05) is 12.1 Å². The number of halogens is 1. The fourth-order valence-corrected chi connectivity index (χ4v) is 3.60. The van der Waals surface area contributed by atoms with E-state index in [1.807, 2.05) is 0 Å². The van der Waals surface area contributed by atoms with E-state index in [1.54, 1.807) is 7.11 Å². The van der Waals surface area contributed by atoms with E-state index in [1.165, 1.54) is 18.4 Å². The molecule has 2 N–H and O–H groups in total. The number of rotatable bonds is 9. The van der Waals surface area contributed by atoms with Crippen molar-refractivity contribution < 1.29 is 9.47 Å². The lowest BCUT2D eigenvalue weighted by atomic mass is 9.97. The molecule has 0 radical (unpaired) electrons. The van der Waals surface area contributed by atoms with E-state index < -0.39 is 0 Å². The number of hydrogen-bond donors (Lipinski definition) is 2. The summed E-state index contributed by atoms with van der Waals surface area (Å²) < 4.78 is 11.4. The van der Waals surface area contributed by atoms with E-state index >= 15 is 0 Å². The molecule has 1 fully saturated rings. The molecule has 0 aromatic heterocycles. The number of aryl methyl sites for hydroxylation is 1. The fourth-order valence-electron chi connectivity index (χ4n) is 3.60. The Morgan fingerprint density at radius 3 is 2.52 bits per heavy atom. The van der Waals surface area contributed by atoms with Gasteiger partial charge in [0, 0.05) is 32.3 Å². The van der Waals surface area contributed by atoms with Gasteiger partial charge in [-0.25, -0.2) is 4.99 Å². The van der Waals surface area contributed by atoms with Crippen LogP contribution in [-0.2, 0) is 11.3 Å². The van der Waals surface area contributed by atoms with Gasteiger partial charge in [0.15, 0.2) is 5.96 Å². The first-order valence-corrected chi connectivity index (χ1v) is 11.3. The zero-order valence-corrected chi connectivity index (χ0v) is 22.6. The van der Waals surface area contributed by atoms with Crippen molar-refractivity contribution in [2.75, 3.05) is 46.4 Å². The number of methoxy groups -OCH3 is 1. The highest BCUT2D eigenvalue weighted by atomic mass is 127. The number of hydrogen-bond acceptors (Lipinski definition) is 4. The van der Waals surface area contributed by atoms with Crippen molar-refractivity contribution in [3.05, 3.63) is 29.3 Å². The molecule has 1 aromatic carbocycles. The third kappa shape index (κ3) is 10.9. The Kier molecular flexibility index (Phi) is 12.8. The molecule has 7 heteroatoms. The van der Waals surface area contributed by atoms with Crippen LogP contribution in [0.3, 0.4) is 0 Å². The number of likely N-dealkylation sites (tertiary alicyclic amines) is 1. The van der Waals surface area contributed by atoms with Crippen LogP contribution in [-0.4, -0.2) is 62.9 Å². The van der Waals surface area contributed by atoms with Crippen molar-refractivity contribution in [3.63, 3.8) is 0 Å². The summed E-state index contributed by atoms with van der Waals surface area (Å²) in [7, 11) is 1.77. The van der Waals surface area contributed by atoms with Crippen LogP contribution in [0.1, 0.15) is 51.7 Å². The number of nitrogens with one attached hydrogen (secondary N) is 2.